The molecule has 1 aromatic rings. The van der Waals surface area contributed by atoms with Gasteiger partial charge in [-0.1, -0.05) is 29.8 Å². The highest BCUT2D eigenvalue weighted by molar-refractivity contribution is 5.84. The number of hydrogen-bond donors (Lipinski definition) is 1. The van der Waals surface area contributed by atoms with E-state index in [1.807, 2.05) is 0 Å². The van der Waals surface area contributed by atoms with Gasteiger partial charge in [-0.2, -0.15) is 0 Å². The lowest BCUT2D eigenvalue weighted by Crippen LogP contribution is -2.59. The smallest absolute Gasteiger partial charge is 0.226 e. The molecule has 5 aliphatic carbocycles. The van der Waals surface area contributed by atoms with E-state index in [-0.39, 0.29) is 10.8 Å². The summed E-state index contributed by atoms with van der Waals surface area (Å²) in [4.78, 5) is 13.1. The topological polar surface area (TPSA) is 29.1 Å². The van der Waals surface area contributed by atoms with E-state index in [0.717, 1.165) is 31.1 Å². The van der Waals surface area contributed by atoms with Crippen LogP contribution in [0.5, 0.6) is 0 Å². The quantitative estimate of drug-likeness (QED) is 0.894. The first-order valence-corrected chi connectivity index (χ1v) is 9.45. The molecule has 0 aliphatic heterocycles. The SMILES string of the molecule is Cc1ccc(C23CC4CC(CC(C(=O)NC5CC5)(C4)C2)C3)cc1. The first kappa shape index (κ1) is 14.1. The van der Waals surface area contributed by atoms with Gasteiger partial charge in [0, 0.05) is 6.04 Å². The van der Waals surface area contributed by atoms with Gasteiger partial charge in [0.25, 0.3) is 0 Å². The van der Waals surface area contributed by atoms with Gasteiger partial charge >= 0.3 is 0 Å². The molecule has 122 valence electrons. The molecule has 2 heteroatoms. The molecular formula is C21H27NO. The van der Waals surface area contributed by atoms with Crippen molar-refractivity contribution < 1.29 is 4.79 Å². The van der Waals surface area contributed by atoms with Gasteiger partial charge in [0.05, 0.1) is 5.41 Å². The van der Waals surface area contributed by atoms with Gasteiger partial charge in [-0.3, -0.25) is 4.79 Å². The summed E-state index contributed by atoms with van der Waals surface area (Å²) in [5.41, 5.74) is 3.05. The molecule has 0 radical (unpaired) electrons. The Morgan fingerprint density at radius 1 is 1.04 bits per heavy atom. The van der Waals surface area contributed by atoms with Gasteiger partial charge < -0.3 is 5.32 Å². The molecule has 23 heavy (non-hydrogen) atoms. The van der Waals surface area contributed by atoms with Crippen LogP contribution in [0.4, 0.5) is 0 Å². The Labute approximate surface area is 139 Å². The molecule has 2 unspecified atom stereocenters. The van der Waals surface area contributed by atoms with Crippen LogP contribution in [-0.4, -0.2) is 11.9 Å². The third-order valence-corrected chi connectivity index (χ3v) is 7.12. The second kappa shape index (κ2) is 4.62. The molecule has 0 heterocycles. The third-order valence-electron chi connectivity index (χ3n) is 7.12. The van der Waals surface area contributed by atoms with Gasteiger partial charge in [-0.15, -0.1) is 0 Å². The summed E-state index contributed by atoms with van der Waals surface area (Å²) in [7, 11) is 0. The Kier molecular flexibility index (Phi) is 2.82. The standard InChI is InChI=1S/C21H27NO/c1-14-2-4-17(5-3-14)20-9-15-8-16(10-20)12-21(11-15,13-20)19(23)22-18-6-7-18/h2-5,15-16,18H,6-13H2,1H3,(H,22,23). The summed E-state index contributed by atoms with van der Waals surface area (Å²) in [6.07, 6.45) is 9.76. The molecular weight excluding hydrogens is 282 g/mol. The van der Waals surface area contributed by atoms with Crippen molar-refractivity contribution >= 4 is 5.91 Å². The second-order valence-electron chi connectivity index (χ2n) is 9.14. The molecule has 1 amide bonds. The van der Waals surface area contributed by atoms with Crippen LogP contribution < -0.4 is 5.32 Å². The van der Waals surface area contributed by atoms with Crippen LogP contribution in [0.3, 0.4) is 0 Å². The third kappa shape index (κ3) is 2.17. The van der Waals surface area contributed by atoms with Gasteiger partial charge in [-0.05, 0) is 81.1 Å². The van der Waals surface area contributed by atoms with Crippen molar-refractivity contribution in [3.8, 4) is 0 Å². The van der Waals surface area contributed by atoms with E-state index in [2.05, 4.69) is 36.5 Å². The Balaban J connectivity index is 1.51. The molecule has 6 rings (SSSR count). The van der Waals surface area contributed by atoms with Crippen LogP contribution in [0.15, 0.2) is 24.3 Å². The van der Waals surface area contributed by atoms with Crippen LogP contribution in [0.25, 0.3) is 0 Å². The lowest BCUT2D eigenvalue weighted by molar-refractivity contribution is -0.149. The van der Waals surface area contributed by atoms with Crippen LogP contribution >= 0.6 is 0 Å². The summed E-state index contributed by atoms with van der Waals surface area (Å²) >= 11 is 0. The summed E-state index contributed by atoms with van der Waals surface area (Å²) in [5.74, 6) is 1.93. The first-order valence-electron chi connectivity index (χ1n) is 9.45. The van der Waals surface area contributed by atoms with Gasteiger partial charge in [0.2, 0.25) is 5.91 Å². The molecule has 2 atom stereocenters. The largest absolute Gasteiger partial charge is 0.353 e. The van der Waals surface area contributed by atoms with Crippen molar-refractivity contribution in [3.63, 3.8) is 0 Å². The Morgan fingerprint density at radius 3 is 2.30 bits per heavy atom. The lowest BCUT2D eigenvalue weighted by atomic mass is 9.42. The van der Waals surface area contributed by atoms with Crippen LogP contribution in [-0.2, 0) is 10.2 Å². The predicted molar refractivity (Wildman–Crippen MR) is 91.1 cm³/mol. The molecule has 4 bridgehead atoms. The van der Waals surface area contributed by atoms with E-state index in [1.54, 1.807) is 0 Å². The molecule has 5 aliphatic rings. The van der Waals surface area contributed by atoms with Gasteiger partial charge in [-0.25, -0.2) is 0 Å². The molecule has 1 aromatic carbocycles. The van der Waals surface area contributed by atoms with E-state index in [1.165, 1.54) is 43.2 Å². The summed E-state index contributed by atoms with van der Waals surface area (Å²) in [6, 6.07) is 9.69. The van der Waals surface area contributed by atoms with E-state index in [0.29, 0.717) is 11.9 Å². The molecule has 2 nitrogen and oxygen atoms in total. The fraction of sp³-hybridized carbons (Fsp3) is 0.667. The zero-order valence-electron chi connectivity index (χ0n) is 14.1. The van der Waals surface area contributed by atoms with E-state index in [9.17, 15) is 4.79 Å². The normalized spacial score (nSPS) is 41.1. The second-order valence-corrected chi connectivity index (χ2v) is 9.14. The van der Waals surface area contributed by atoms with Crippen molar-refractivity contribution in [2.75, 3.05) is 0 Å². The zero-order chi connectivity index (χ0) is 15.7. The Bertz CT molecular complexity index is 628. The summed E-state index contributed by atoms with van der Waals surface area (Å²) < 4.78 is 0. The minimum absolute atomic E-state index is 0.0580. The number of benzene rings is 1. The number of amides is 1. The average Bonchev–Trinajstić information content (AvgIpc) is 3.30. The molecule has 0 saturated heterocycles. The Hall–Kier alpha value is -1.31. The minimum Gasteiger partial charge on any atom is -0.353 e. The van der Waals surface area contributed by atoms with E-state index in [4.69, 9.17) is 0 Å². The Morgan fingerprint density at radius 2 is 1.70 bits per heavy atom. The van der Waals surface area contributed by atoms with E-state index < -0.39 is 0 Å². The fourth-order valence-corrected chi connectivity index (χ4v) is 6.34. The van der Waals surface area contributed by atoms with Gasteiger partial charge in [0.1, 0.15) is 0 Å². The highest BCUT2D eigenvalue weighted by atomic mass is 16.2. The molecule has 0 spiro atoms. The number of carbonyl (C=O) groups is 1. The van der Waals surface area contributed by atoms with Crippen molar-refractivity contribution in [1.82, 2.24) is 5.32 Å². The number of hydrogen-bond acceptors (Lipinski definition) is 1. The first-order chi connectivity index (χ1) is 11.1. The van der Waals surface area contributed by atoms with Crippen molar-refractivity contribution in [2.24, 2.45) is 17.3 Å². The number of rotatable bonds is 3. The summed E-state index contributed by atoms with van der Waals surface area (Å²) in [6.45, 7) is 2.16. The highest BCUT2D eigenvalue weighted by Crippen LogP contribution is 2.65. The fourth-order valence-electron chi connectivity index (χ4n) is 6.34. The maximum atomic E-state index is 13.1. The molecule has 5 fully saturated rings. The molecule has 0 aromatic heterocycles. The van der Waals surface area contributed by atoms with Crippen molar-refractivity contribution in [1.29, 1.82) is 0 Å². The lowest BCUT2D eigenvalue weighted by Gasteiger charge is -2.61. The monoisotopic (exact) mass is 309 g/mol. The van der Waals surface area contributed by atoms with E-state index >= 15 is 0 Å². The number of carbonyl (C=O) groups excluding carboxylic acids is 1. The van der Waals surface area contributed by atoms with Crippen molar-refractivity contribution in [3.05, 3.63) is 35.4 Å². The molecule has 1 N–H and O–H groups in total. The van der Waals surface area contributed by atoms with Crippen LogP contribution in [0.1, 0.15) is 62.5 Å². The average molecular weight is 309 g/mol. The van der Waals surface area contributed by atoms with Gasteiger partial charge in [0.15, 0.2) is 0 Å². The zero-order valence-corrected chi connectivity index (χ0v) is 14.1. The summed E-state index contributed by atoms with van der Waals surface area (Å²) in [5, 5.41) is 3.35. The van der Waals surface area contributed by atoms with Crippen LogP contribution in [0.2, 0.25) is 0 Å². The van der Waals surface area contributed by atoms with Crippen molar-refractivity contribution in [2.45, 2.75) is 69.7 Å². The number of aryl methyl sites for hydroxylation is 1. The maximum absolute atomic E-state index is 13.1. The highest BCUT2D eigenvalue weighted by Gasteiger charge is 2.61. The number of nitrogens with one attached hydrogen (secondary N) is 1. The predicted octanol–water partition coefficient (Wildman–Crippen LogP) is 4.11. The minimum atomic E-state index is -0.0580. The molecule has 5 saturated carbocycles. The maximum Gasteiger partial charge on any atom is 0.226 e. The van der Waals surface area contributed by atoms with Crippen LogP contribution in [0, 0.1) is 24.2 Å².